The number of para-hydroxylation sites is 1. The summed E-state index contributed by atoms with van der Waals surface area (Å²) in [4.78, 5) is 28.7. The lowest BCUT2D eigenvalue weighted by molar-refractivity contribution is -0.146. The van der Waals surface area contributed by atoms with Crippen molar-refractivity contribution in [2.24, 2.45) is 0 Å². The standard InChI is InChI=1S/C24H28N2O4/c27-23(25-13-15-26(16-14-25)24(28)22-11-6-17-29-22)12-18-30-21-10-5-4-9-20(21)19-7-2-1-3-8-19/h1-5,7-10,22H,6,11-18H2/t22-/m0/s1. The van der Waals surface area contributed by atoms with E-state index in [9.17, 15) is 9.59 Å². The zero-order valence-corrected chi connectivity index (χ0v) is 17.2. The zero-order valence-electron chi connectivity index (χ0n) is 17.2. The second kappa shape index (κ2) is 9.76. The number of ether oxygens (including phenoxy) is 2. The number of benzene rings is 2. The van der Waals surface area contributed by atoms with Crippen LogP contribution in [0.2, 0.25) is 0 Å². The molecule has 0 unspecified atom stereocenters. The number of carbonyl (C=O) groups excluding carboxylic acids is 2. The molecule has 0 bridgehead atoms. The molecule has 4 rings (SSSR count). The Morgan fingerprint density at radius 3 is 2.37 bits per heavy atom. The first-order valence-electron chi connectivity index (χ1n) is 10.7. The molecular formula is C24H28N2O4. The molecule has 158 valence electrons. The van der Waals surface area contributed by atoms with Crippen LogP contribution < -0.4 is 4.74 Å². The second-order valence-corrected chi connectivity index (χ2v) is 7.67. The van der Waals surface area contributed by atoms with Crippen LogP contribution in [0.3, 0.4) is 0 Å². The monoisotopic (exact) mass is 408 g/mol. The summed E-state index contributed by atoms with van der Waals surface area (Å²) < 4.78 is 11.4. The van der Waals surface area contributed by atoms with Crippen molar-refractivity contribution in [3.63, 3.8) is 0 Å². The number of hydrogen-bond donors (Lipinski definition) is 0. The Bertz CT molecular complexity index is 857. The van der Waals surface area contributed by atoms with Gasteiger partial charge in [-0.05, 0) is 24.5 Å². The Morgan fingerprint density at radius 1 is 0.933 bits per heavy atom. The van der Waals surface area contributed by atoms with Crippen LogP contribution in [0.5, 0.6) is 5.75 Å². The van der Waals surface area contributed by atoms with Crippen molar-refractivity contribution in [3.8, 4) is 16.9 Å². The smallest absolute Gasteiger partial charge is 0.251 e. The molecule has 2 fully saturated rings. The maximum absolute atomic E-state index is 12.6. The molecular weight excluding hydrogens is 380 g/mol. The van der Waals surface area contributed by atoms with Crippen molar-refractivity contribution in [2.75, 3.05) is 39.4 Å². The molecule has 0 aromatic heterocycles. The van der Waals surface area contributed by atoms with Crippen LogP contribution in [0.4, 0.5) is 0 Å². The van der Waals surface area contributed by atoms with E-state index >= 15 is 0 Å². The van der Waals surface area contributed by atoms with Crippen LogP contribution in [0.25, 0.3) is 11.1 Å². The van der Waals surface area contributed by atoms with Gasteiger partial charge >= 0.3 is 0 Å². The highest BCUT2D eigenvalue weighted by atomic mass is 16.5. The molecule has 0 aliphatic carbocycles. The first kappa shape index (κ1) is 20.4. The predicted molar refractivity (Wildman–Crippen MR) is 114 cm³/mol. The van der Waals surface area contributed by atoms with Crippen LogP contribution >= 0.6 is 0 Å². The summed E-state index contributed by atoms with van der Waals surface area (Å²) in [5.74, 6) is 0.917. The number of amides is 2. The van der Waals surface area contributed by atoms with Crippen molar-refractivity contribution < 1.29 is 19.1 Å². The van der Waals surface area contributed by atoms with Gasteiger partial charge in [0, 0.05) is 38.3 Å². The third-order valence-electron chi connectivity index (χ3n) is 5.69. The van der Waals surface area contributed by atoms with Gasteiger partial charge in [0.05, 0.1) is 13.0 Å². The van der Waals surface area contributed by atoms with Crippen LogP contribution in [0, 0.1) is 0 Å². The minimum Gasteiger partial charge on any atom is -0.492 e. The van der Waals surface area contributed by atoms with Gasteiger partial charge in [0.25, 0.3) is 5.91 Å². The van der Waals surface area contributed by atoms with E-state index in [1.54, 1.807) is 0 Å². The lowest BCUT2D eigenvalue weighted by Gasteiger charge is -2.35. The van der Waals surface area contributed by atoms with E-state index in [0.717, 1.165) is 29.7 Å². The molecule has 2 aliphatic rings. The van der Waals surface area contributed by atoms with Crippen molar-refractivity contribution in [3.05, 3.63) is 54.6 Å². The van der Waals surface area contributed by atoms with Crippen molar-refractivity contribution >= 4 is 11.8 Å². The normalized spacial score (nSPS) is 19.0. The third-order valence-corrected chi connectivity index (χ3v) is 5.69. The number of nitrogens with zero attached hydrogens (tertiary/aromatic N) is 2. The largest absolute Gasteiger partial charge is 0.492 e. The van der Waals surface area contributed by atoms with Crippen molar-refractivity contribution in [1.82, 2.24) is 9.80 Å². The van der Waals surface area contributed by atoms with E-state index < -0.39 is 0 Å². The van der Waals surface area contributed by atoms with Crippen LogP contribution in [0.1, 0.15) is 19.3 Å². The van der Waals surface area contributed by atoms with Gasteiger partial charge in [-0.1, -0.05) is 48.5 Å². The summed E-state index contributed by atoms with van der Waals surface area (Å²) in [6.45, 7) is 3.28. The van der Waals surface area contributed by atoms with Gasteiger partial charge < -0.3 is 19.3 Å². The average Bonchev–Trinajstić information content (AvgIpc) is 3.34. The molecule has 0 saturated carbocycles. The van der Waals surface area contributed by atoms with Crippen LogP contribution in [-0.2, 0) is 14.3 Å². The fourth-order valence-corrected chi connectivity index (χ4v) is 4.01. The summed E-state index contributed by atoms with van der Waals surface area (Å²) in [6.07, 6.45) is 1.79. The molecule has 30 heavy (non-hydrogen) atoms. The summed E-state index contributed by atoms with van der Waals surface area (Å²) in [5, 5.41) is 0. The Hall–Kier alpha value is -2.86. The molecule has 6 heteroatoms. The molecule has 0 radical (unpaired) electrons. The molecule has 2 heterocycles. The average molecular weight is 408 g/mol. The molecule has 2 saturated heterocycles. The maximum atomic E-state index is 12.6. The number of hydrogen-bond acceptors (Lipinski definition) is 4. The summed E-state index contributed by atoms with van der Waals surface area (Å²) in [7, 11) is 0. The molecule has 1 atom stereocenters. The Labute approximate surface area is 177 Å². The topological polar surface area (TPSA) is 59.1 Å². The first-order chi connectivity index (χ1) is 14.7. The van der Waals surface area contributed by atoms with Crippen molar-refractivity contribution in [1.29, 1.82) is 0 Å². The van der Waals surface area contributed by atoms with E-state index in [2.05, 4.69) is 0 Å². The van der Waals surface area contributed by atoms with Gasteiger partial charge in [0.15, 0.2) is 0 Å². The molecule has 6 nitrogen and oxygen atoms in total. The summed E-state index contributed by atoms with van der Waals surface area (Å²) >= 11 is 0. The van der Waals surface area contributed by atoms with Gasteiger partial charge in [0.1, 0.15) is 11.9 Å². The van der Waals surface area contributed by atoms with Gasteiger partial charge in [-0.25, -0.2) is 0 Å². The predicted octanol–water partition coefficient (Wildman–Crippen LogP) is 2.97. The van der Waals surface area contributed by atoms with E-state index in [-0.39, 0.29) is 17.9 Å². The van der Waals surface area contributed by atoms with Crippen LogP contribution in [-0.4, -0.2) is 67.1 Å². The Balaban J connectivity index is 1.25. The maximum Gasteiger partial charge on any atom is 0.251 e. The Morgan fingerprint density at radius 2 is 1.63 bits per heavy atom. The molecule has 2 amide bonds. The SMILES string of the molecule is O=C(CCOc1ccccc1-c1ccccc1)N1CCN(C(=O)[C@@H]2CCCO2)CC1. The van der Waals surface area contributed by atoms with E-state index in [4.69, 9.17) is 9.47 Å². The van der Waals surface area contributed by atoms with E-state index in [0.29, 0.717) is 45.8 Å². The second-order valence-electron chi connectivity index (χ2n) is 7.67. The molecule has 2 aliphatic heterocycles. The van der Waals surface area contributed by atoms with Gasteiger partial charge in [-0.15, -0.1) is 0 Å². The van der Waals surface area contributed by atoms with Gasteiger partial charge in [-0.2, -0.15) is 0 Å². The van der Waals surface area contributed by atoms with E-state index in [1.165, 1.54) is 0 Å². The lowest BCUT2D eigenvalue weighted by Crippen LogP contribution is -2.53. The molecule has 2 aromatic rings. The van der Waals surface area contributed by atoms with Crippen LogP contribution in [0.15, 0.2) is 54.6 Å². The molecule has 2 aromatic carbocycles. The number of piperazine rings is 1. The molecule has 0 spiro atoms. The highest BCUT2D eigenvalue weighted by molar-refractivity contribution is 5.82. The minimum absolute atomic E-state index is 0.0661. The highest BCUT2D eigenvalue weighted by Crippen LogP contribution is 2.29. The fourth-order valence-electron chi connectivity index (χ4n) is 4.01. The Kier molecular flexibility index (Phi) is 6.64. The fraction of sp³-hybridized carbons (Fsp3) is 0.417. The zero-order chi connectivity index (χ0) is 20.8. The lowest BCUT2D eigenvalue weighted by atomic mass is 10.1. The first-order valence-corrected chi connectivity index (χ1v) is 10.7. The van der Waals surface area contributed by atoms with Crippen molar-refractivity contribution in [2.45, 2.75) is 25.4 Å². The van der Waals surface area contributed by atoms with E-state index in [1.807, 2.05) is 64.4 Å². The van der Waals surface area contributed by atoms with Gasteiger partial charge in [0.2, 0.25) is 5.91 Å². The summed E-state index contributed by atoms with van der Waals surface area (Å²) in [5.41, 5.74) is 2.11. The third kappa shape index (κ3) is 4.82. The summed E-state index contributed by atoms with van der Waals surface area (Å²) in [6, 6.07) is 18.0. The number of rotatable bonds is 6. The van der Waals surface area contributed by atoms with Gasteiger partial charge in [-0.3, -0.25) is 9.59 Å². The quantitative estimate of drug-likeness (QED) is 0.737. The molecule has 0 N–H and O–H groups in total. The minimum atomic E-state index is -0.287. The highest BCUT2D eigenvalue weighted by Gasteiger charge is 2.31. The number of carbonyl (C=O) groups is 2.